The van der Waals surface area contributed by atoms with Crippen molar-refractivity contribution in [1.82, 2.24) is 10.3 Å². The van der Waals surface area contributed by atoms with Gasteiger partial charge in [0.05, 0.1) is 0 Å². The van der Waals surface area contributed by atoms with E-state index in [1.807, 2.05) is 18.5 Å². The Labute approximate surface area is 105 Å². The summed E-state index contributed by atoms with van der Waals surface area (Å²) in [5.41, 5.74) is 1.38. The number of aromatic nitrogens is 1. The standard InChI is InChI=1S/C11H16N2.CH4O2S/c1-2-11(9-13-5-1)8-10-3-6-12-7-4-10;1-4(2)3/h1-2,5,9-10,12H,3-4,6-8H2;1H3,(H,2,3). The van der Waals surface area contributed by atoms with Gasteiger partial charge in [0.15, 0.2) is 0 Å². The van der Waals surface area contributed by atoms with E-state index in [0.717, 1.165) is 5.92 Å². The van der Waals surface area contributed by atoms with E-state index in [1.165, 1.54) is 44.2 Å². The van der Waals surface area contributed by atoms with Crippen LogP contribution in [0.3, 0.4) is 0 Å². The van der Waals surface area contributed by atoms with E-state index >= 15 is 0 Å². The van der Waals surface area contributed by atoms with E-state index in [0.29, 0.717) is 0 Å². The number of hydrogen-bond acceptors (Lipinski definition) is 3. The molecule has 2 rings (SSSR count). The highest BCUT2D eigenvalue weighted by molar-refractivity contribution is 7.78. The van der Waals surface area contributed by atoms with Crippen LogP contribution in [0, 0.1) is 5.92 Å². The Hall–Kier alpha value is -0.780. The van der Waals surface area contributed by atoms with Gasteiger partial charge in [-0.05, 0) is 49.9 Å². The van der Waals surface area contributed by atoms with Crippen LogP contribution >= 0.6 is 0 Å². The Morgan fingerprint density at radius 2 is 2.18 bits per heavy atom. The second-order valence-electron chi connectivity index (χ2n) is 4.18. The highest BCUT2D eigenvalue weighted by atomic mass is 32.2. The van der Waals surface area contributed by atoms with E-state index in [-0.39, 0.29) is 0 Å². The first-order chi connectivity index (χ1) is 8.18. The molecule has 2 N–H and O–H groups in total. The van der Waals surface area contributed by atoms with Crippen LogP contribution in [0.25, 0.3) is 0 Å². The first-order valence-corrected chi connectivity index (χ1v) is 7.32. The minimum atomic E-state index is -1.61. The van der Waals surface area contributed by atoms with Gasteiger partial charge in [0.2, 0.25) is 0 Å². The predicted molar refractivity (Wildman–Crippen MR) is 70.2 cm³/mol. The zero-order chi connectivity index (χ0) is 12.5. The van der Waals surface area contributed by atoms with Gasteiger partial charge in [0, 0.05) is 18.6 Å². The van der Waals surface area contributed by atoms with Crippen molar-refractivity contribution in [3.05, 3.63) is 30.1 Å². The Bertz CT molecular complexity index is 323. The summed E-state index contributed by atoms with van der Waals surface area (Å²) in [5.74, 6) is 0.866. The van der Waals surface area contributed by atoms with Crippen molar-refractivity contribution in [2.75, 3.05) is 19.3 Å². The molecule has 1 fully saturated rings. The molecule has 0 aromatic carbocycles. The molecular weight excluding hydrogens is 236 g/mol. The lowest BCUT2D eigenvalue weighted by molar-refractivity contribution is 0.372. The molecule has 1 atom stereocenters. The summed E-state index contributed by atoms with van der Waals surface area (Å²) in [7, 11) is 0. The van der Waals surface area contributed by atoms with Crippen LogP contribution in [0.2, 0.25) is 0 Å². The van der Waals surface area contributed by atoms with Gasteiger partial charge in [-0.3, -0.25) is 4.98 Å². The molecule has 1 aromatic rings. The highest BCUT2D eigenvalue weighted by Crippen LogP contribution is 2.16. The molecule has 2 heterocycles. The van der Waals surface area contributed by atoms with Crippen molar-refractivity contribution in [2.24, 2.45) is 5.92 Å². The van der Waals surface area contributed by atoms with Gasteiger partial charge in [-0.25, -0.2) is 4.21 Å². The van der Waals surface area contributed by atoms with Crippen molar-refractivity contribution in [2.45, 2.75) is 19.3 Å². The molecule has 1 saturated heterocycles. The largest absolute Gasteiger partial charge is 0.317 e. The smallest absolute Gasteiger partial charge is 0.149 e. The van der Waals surface area contributed by atoms with Crippen LogP contribution in [-0.2, 0) is 17.5 Å². The summed E-state index contributed by atoms with van der Waals surface area (Å²) in [4.78, 5) is 4.13. The average molecular weight is 256 g/mol. The van der Waals surface area contributed by atoms with E-state index in [4.69, 9.17) is 8.76 Å². The van der Waals surface area contributed by atoms with Gasteiger partial charge in [-0.15, -0.1) is 0 Å². The normalized spacial score (nSPS) is 18.0. The van der Waals surface area contributed by atoms with Crippen molar-refractivity contribution in [1.29, 1.82) is 0 Å². The lowest BCUT2D eigenvalue weighted by Gasteiger charge is -2.22. The summed E-state index contributed by atoms with van der Waals surface area (Å²) in [6, 6.07) is 4.20. The topological polar surface area (TPSA) is 62.2 Å². The van der Waals surface area contributed by atoms with Crippen molar-refractivity contribution < 1.29 is 8.76 Å². The minimum Gasteiger partial charge on any atom is -0.317 e. The zero-order valence-electron chi connectivity index (χ0n) is 10.1. The third kappa shape index (κ3) is 7.20. The molecule has 1 aliphatic heterocycles. The van der Waals surface area contributed by atoms with Crippen LogP contribution in [0.15, 0.2) is 24.5 Å². The molecule has 0 aliphatic carbocycles. The average Bonchev–Trinajstić information content (AvgIpc) is 2.31. The number of piperidine rings is 1. The lowest BCUT2D eigenvalue weighted by atomic mass is 9.92. The molecule has 0 bridgehead atoms. The molecule has 1 aromatic heterocycles. The van der Waals surface area contributed by atoms with E-state index < -0.39 is 11.1 Å². The second kappa shape index (κ2) is 8.33. The van der Waals surface area contributed by atoms with Crippen LogP contribution in [0.1, 0.15) is 18.4 Å². The fourth-order valence-electron chi connectivity index (χ4n) is 1.94. The SMILES string of the molecule is CS(=O)O.c1cncc(CC2CCNCC2)c1. The van der Waals surface area contributed by atoms with Gasteiger partial charge in [0.25, 0.3) is 0 Å². The maximum atomic E-state index is 9.11. The molecule has 0 saturated carbocycles. The Balaban J connectivity index is 0.000000317. The Kier molecular flexibility index (Phi) is 7.00. The molecule has 1 unspecified atom stereocenters. The molecule has 0 spiro atoms. The molecule has 0 amide bonds. The maximum absolute atomic E-state index is 9.11. The van der Waals surface area contributed by atoms with Gasteiger partial charge in [-0.1, -0.05) is 6.07 Å². The fourth-order valence-corrected chi connectivity index (χ4v) is 1.94. The summed E-state index contributed by atoms with van der Waals surface area (Å²) < 4.78 is 16.6. The van der Waals surface area contributed by atoms with Crippen molar-refractivity contribution in [3.63, 3.8) is 0 Å². The van der Waals surface area contributed by atoms with E-state index in [2.05, 4.69) is 16.4 Å². The van der Waals surface area contributed by atoms with Gasteiger partial charge in [-0.2, -0.15) is 0 Å². The zero-order valence-corrected chi connectivity index (χ0v) is 10.9. The second-order valence-corrected chi connectivity index (χ2v) is 5.03. The van der Waals surface area contributed by atoms with Crippen LogP contribution < -0.4 is 5.32 Å². The monoisotopic (exact) mass is 256 g/mol. The number of nitrogens with zero attached hydrogens (tertiary/aromatic N) is 1. The molecule has 0 radical (unpaired) electrons. The predicted octanol–water partition coefficient (Wildman–Crippen LogP) is 1.46. The number of hydrogen-bond donors (Lipinski definition) is 2. The molecule has 96 valence electrons. The Morgan fingerprint density at radius 3 is 2.71 bits per heavy atom. The minimum absolute atomic E-state index is 0.866. The third-order valence-electron chi connectivity index (χ3n) is 2.71. The number of rotatable bonds is 2. The Morgan fingerprint density at radius 1 is 1.53 bits per heavy atom. The summed E-state index contributed by atoms with van der Waals surface area (Å²) in [6.07, 6.45) is 8.85. The van der Waals surface area contributed by atoms with Gasteiger partial charge in [0.1, 0.15) is 11.1 Å². The molecule has 17 heavy (non-hydrogen) atoms. The van der Waals surface area contributed by atoms with E-state index in [9.17, 15) is 0 Å². The van der Waals surface area contributed by atoms with Crippen LogP contribution in [0.4, 0.5) is 0 Å². The first-order valence-electron chi connectivity index (χ1n) is 5.80. The number of nitrogens with one attached hydrogen (secondary N) is 1. The first kappa shape index (κ1) is 14.3. The van der Waals surface area contributed by atoms with Crippen molar-refractivity contribution in [3.8, 4) is 0 Å². The van der Waals surface area contributed by atoms with Gasteiger partial charge >= 0.3 is 0 Å². The van der Waals surface area contributed by atoms with Gasteiger partial charge < -0.3 is 9.87 Å². The van der Waals surface area contributed by atoms with Crippen LogP contribution in [-0.4, -0.2) is 33.1 Å². The third-order valence-corrected chi connectivity index (χ3v) is 2.71. The van der Waals surface area contributed by atoms with Crippen LogP contribution in [0.5, 0.6) is 0 Å². The number of pyridine rings is 1. The summed E-state index contributed by atoms with van der Waals surface area (Å²) in [6.45, 7) is 2.37. The quantitative estimate of drug-likeness (QED) is 0.786. The molecule has 4 nitrogen and oxygen atoms in total. The highest BCUT2D eigenvalue weighted by Gasteiger charge is 2.12. The van der Waals surface area contributed by atoms with E-state index in [1.54, 1.807) is 0 Å². The molecule has 5 heteroatoms. The molecular formula is C12H20N2O2S. The van der Waals surface area contributed by atoms with Crippen molar-refractivity contribution >= 4 is 11.1 Å². The summed E-state index contributed by atoms with van der Waals surface area (Å²) >= 11 is -1.61. The lowest BCUT2D eigenvalue weighted by Crippen LogP contribution is -2.28. The molecule has 1 aliphatic rings. The summed E-state index contributed by atoms with van der Waals surface area (Å²) in [5, 5.41) is 3.38. The fraction of sp³-hybridized carbons (Fsp3) is 0.583. The maximum Gasteiger partial charge on any atom is 0.149 e.